The highest BCUT2D eigenvalue weighted by molar-refractivity contribution is 5.54. The summed E-state index contributed by atoms with van der Waals surface area (Å²) in [6, 6.07) is 5.38. The lowest BCUT2D eigenvalue weighted by Crippen LogP contribution is -2.22. The van der Waals surface area contributed by atoms with Crippen molar-refractivity contribution in [2.45, 2.75) is 26.4 Å². The molecule has 0 aliphatic heterocycles. The molecule has 5 heteroatoms. The Kier molecular flexibility index (Phi) is 4.16. The van der Waals surface area contributed by atoms with Crippen LogP contribution in [-0.4, -0.2) is 16.0 Å². The van der Waals surface area contributed by atoms with E-state index < -0.39 is 11.6 Å². The van der Waals surface area contributed by atoms with E-state index in [0.717, 1.165) is 11.8 Å². The van der Waals surface area contributed by atoms with Crippen LogP contribution in [0.3, 0.4) is 0 Å². The molecule has 0 unspecified atom stereocenters. The van der Waals surface area contributed by atoms with Gasteiger partial charge in [0.15, 0.2) is 5.82 Å². The highest BCUT2D eigenvalue weighted by Gasteiger charge is 2.07. The summed E-state index contributed by atoms with van der Waals surface area (Å²) in [5.74, 6) is -0.949. The normalized spacial score (nSPS) is 11.0. The van der Waals surface area contributed by atoms with Crippen LogP contribution < -0.4 is 5.32 Å². The first-order chi connectivity index (χ1) is 9.04. The molecular formula is C14H15F2N3. The largest absolute Gasteiger partial charge is 0.309 e. The average Bonchev–Trinajstić information content (AvgIpc) is 2.35. The maximum absolute atomic E-state index is 13.2. The molecule has 19 heavy (non-hydrogen) atoms. The molecule has 100 valence electrons. The Morgan fingerprint density at radius 3 is 2.47 bits per heavy atom. The van der Waals surface area contributed by atoms with Crippen molar-refractivity contribution in [2.75, 3.05) is 0 Å². The summed E-state index contributed by atoms with van der Waals surface area (Å²) < 4.78 is 26.3. The molecule has 0 bridgehead atoms. The summed E-state index contributed by atoms with van der Waals surface area (Å²) in [6.07, 6.45) is 1.59. The summed E-state index contributed by atoms with van der Waals surface area (Å²) >= 11 is 0. The van der Waals surface area contributed by atoms with Gasteiger partial charge in [-0.25, -0.2) is 18.7 Å². The predicted octanol–water partition coefficient (Wildman–Crippen LogP) is 2.92. The zero-order valence-corrected chi connectivity index (χ0v) is 10.8. The lowest BCUT2D eigenvalue weighted by Gasteiger charge is -2.08. The Hall–Kier alpha value is -1.88. The smallest absolute Gasteiger partial charge is 0.159 e. The standard InChI is InChI=1S/C14H15F2N3/c1-9(2)18-8-13-3-4-17-14(19-13)10-5-11(15)7-12(16)6-10/h3-7,9,18H,8H2,1-2H3. The van der Waals surface area contributed by atoms with Crippen molar-refractivity contribution in [2.24, 2.45) is 0 Å². The van der Waals surface area contributed by atoms with E-state index in [1.807, 2.05) is 13.8 Å². The van der Waals surface area contributed by atoms with Crippen LogP contribution in [0.1, 0.15) is 19.5 Å². The molecule has 1 N–H and O–H groups in total. The molecule has 0 saturated heterocycles. The minimum absolute atomic E-state index is 0.321. The molecule has 2 rings (SSSR count). The average molecular weight is 263 g/mol. The molecule has 0 spiro atoms. The summed E-state index contributed by atoms with van der Waals surface area (Å²) in [5.41, 5.74) is 1.12. The van der Waals surface area contributed by atoms with Crippen molar-refractivity contribution in [3.8, 4) is 11.4 Å². The van der Waals surface area contributed by atoms with Crippen molar-refractivity contribution in [1.29, 1.82) is 0 Å². The van der Waals surface area contributed by atoms with Gasteiger partial charge in [0, 0.05) is 30.4 Å². The SMILES string of the molecule is CC(C)NCc1ccnc(-c2cc(F)cc(F)c2)n1. The van der Waals surface area contributed by atoms with Crippen molar-refractivity contribution in [3.05, 3.63) is 47.8 Å². The molecule has 1 heterocycles. The van der Waals surface area contributed by atoms with E-state index >= 15 is 0 Å². The molecule has 1 aromatic carbocycles. The van der Waals surface area contributed by atoms with E-state index in [1.54, 1.807) is 12.3 Å². The third-order valence-corrected chi connectivity index (χ3v) is 2.53. The number of nitrogens with one attached hydrogen (secondary N) is 1. The summed E-state index contributed by atoms with van der Waals surface area (Å²) in [7, 11) is 0. The molecule has 1 aromatic heterocycles. The van der Waals surface area contributed by atoms with E-state index in [9.17, 15) is 8.78 Å². The van der Waals surface area contributed by atoms with E-state index in [0.29, 0.717) is 24.0 Å². The molecule has 0 aliphatic rings. The van der Waals surface area contributed by atoms with Crippen LogP contribution in [0.5, 0.6) is 0 Å². The van der Waals surface area contributed by atoms with Crippen LogP contribution >= 0.6 is 0 Å². The van der Waals surface area contributed by atoms with Gasteiger partial charge in [0.25, 0.3) is 0 Å². The van der Waals surface area contributed by atoms with Gasteiger partial charge in [-0.05, 0) is 18.2 Å². The number of benzene rings is 1. The molecule has 0 fully saturated rings. The van der Waals surface area contributed by atoms with Gasteiger partial charge >= 0.3 is 0 Å². The Labute approximate surface area is 110 Å². The number of rotatable bonds is 4. The molecule has 3 nitrogen and oxygen atoms in total. The minimum Gasteiger partial charge on any atom is -0.309 e. The van der Waals surface area contributed by atoms with Crippen LogP contribution in [0, 0.1) is 11.6 Å². The van der Waals surface area contributed by atoms with Gasteiger partial charge in [0.05, 0.1) is 5.69 Å². The van der Waals surface area contributed by atoms with Gasteiger partial charge in [0.1, 0.15) is 11.6 Å². The van der Waals surface area contributed by atoms with E-state index in [2.05, 4.69) is 15.3 Å². The number of nitrogens with zero attached hydrogens (tertiary/aromatic N) is 2. The molecule has 0 atom stereocenters. The Balaban J connectivity index is 2.27. The lowest BCUT2D eigenvalue weighted by atomic mass is 10.2. The molecule has 2 aromatic rings. The maximum Gasteiger partial charge on any atom is 0.159 e. The second-order valence-electron chi connectivity index (χ2n) is 4.57. The Bertz CT molecular complexity index is 550. The fraction of sp³-hybridized carbons (Fsp3) is 0.286. The molecule has 0 amide bonds. The fourth-order valence-corrected chi connectivity index (χ4v) is 1.63. The van der Waals surface area contributed by atoms with Gasteiger partial charge in [-0.2, -0.15) is 0 Å². The number of halogens is 2. The summed E-state index contributed by atoms with van der Waals surface area (Å²) in [4.78, 5) is 8.34. The molecule has 0 radical (unpaired) electrons. The topological polar surface area (TPSA) is 37.8 Å². The van der Waals surface area contributed by atoms with Gasteiger partial charge in [-0.15, -0.1) is 0 Å². The second-order valence-corrected chi connectivity index (χ2v) is 4.57. The van der Waals surface area contributed by atoms with Crippen LogP contribution in [0.15, 0.2) is 30.5 Å². The van der Waals surface area contributed by atoms with Crippen LogP contribution in [0.25, 0.3) is 11.4 Å². The predicted molar refractivity (Wildman–Crippen MR) is 69.4 cm³/mol. The fourth-order valence-electron chi connectivity index (χ4n) is 1.63. The quantitative estimate of drug-likeness (QED) is 0.921. The maximum atomic E-state index is 13.2. The first-order valence-corrected chi connectivity index (χ1v) is 6.06. The molecular weight excluding hydrogens is 248 g/mol. The zero-order chi connectivity index (χ0) is 13.8. The number of hydrogen-bond donors (Lipinski definition) is 1. The monoisotopic (exact) mass is 263 g/mol. The highest BCUT2D eigenvalue weighted by atomic mass is 19.1. The minimum atomic E-state index is -0.635. The van der Waals surface area contributed by atoms with Crippen molar-refractivity contribution < 1.29 is 8.78 Å². The third-order valence-electron chi connectivity index (χ3n) is 2.53. The van der Waals surface area contributed by atoms with Gasteiger partial charge in [0.2, 0.25) is 0 Å². The van der Waals surface area contributed by atoms with Gasteiger partial charge < -0.3 is 5.32 Å². The summed E-state index contributed by atoms with van der Waals surface area (Å²) in [5, 5.41) is 3.22. The first kappa shape index (κ1) is 13.5. The summed E-state index contributed by atoms with van der Waals surface area (Å²) in [6.45, 7) is 4.65. The van der Waals surface area contributed by atoms with Crippen LogP contribution in [-0.2, 0) is 6.54 Å². The van der Waals surface area contributed by atoms with Gasteiger partial charge in [-0.1, -0.05) is 13.8 Å². The first-order valence-electron chi connectivity index (χ1n) is 6.06. The molecule has 0 aliphatic carbocycles. The number of aromatic nitrogens is 2. The van der Waals surface area contributed by atoms with E-state index in [-0.39, 0.29) is 0 Å². The lowest BCUT2D eigenvalue weighted by molar-refractivity contribution is 0.580. The Morgan fingerprint density at radius 2 is 1.84 bits per heavy atom. The van der Waals surface area contributed by atoms with Crippen LogP contribution in [0.4, 0.5) is 8.78 Å². The van der Waals surface area contributed by atoms with E-state index in [4.69, 9.17) is 0 Å². The van der Waals surface area contributed by atoms with Crippen LogP contribution in [0.2, 0.25) is 0 Å². The highest BCUT2D eigenvalue weighted by Crippen LogP contribution is 2.17. The van der Waals surface area contributed by atoms with Crippen molar-refractivity contribution in [3.63, 3.8) is 0 Å². The van der Waals surface area contributed by atoms with Gasteiger partial charge in [-0.3, -0.25) is 0 Å². The zero-order valence-electron chi connectivity index (χ0n) is 10.8. The third kappa shape index (κ3) is 3.79. The molecule has 0 saturated carbocycles. The van der Waals surface area contributed by atoms with E-state index in [1.165, 1.54) is 12.1 Å². The second kappa shape index (κ2) is 5.84. The van der Waals surface area contributed by atoms with Crippen molar-refractivity contribution in [1.82, 2.24) is 15.3 Å². The van der Waals surface area contributed by atoms with Crippen molar-refractivity contribution >= 4 is 0 Å². The Morgan fingerprint density at radius 1 is 1.16 bits per heavy atom. The number of hydrogen-bond acceptors (Lipinski definition) is 3.